The van der Waals surface area contributed by atoms with E-state index in [2.05, 4.69) is 0 Å². The second-order valence-electron chi connectivity index (χ2n) is 9.67. The summed E-state index contributed by atoms with van der Waals surface area (Å²) in [4.78, 5) is 85.8. The average Bonchev–Trinajstić information content (AvgIpc) is 2.94. The smallest absolute Gasteiger partial charge is 0.303 e. The van der Waals surface area contributed by atoms with Crippen molar-refractivity contribution in [3.05, 3.63) is 0 Å². The van der Waals surface area contributed by atoms with Crippen molar-refractivity contribution in [1.82, 2.24) is 0 Å². The molecule has 9 N–H and O–H groups in total. The summed E-state index contributed by atoms with van der Waals surface area (Å²) in [5, 5.41) is 70.7. The lowest BCUT2D eigenvalue weighted by molar-refractivity contribution is -0.138. The molecule has 0 aliphatic heterocycles. The largest absolute Gasteiger partial charge is 0.481 e. The molecule has 0 saturated carbocycles. The predicted molar refractivity (Wildman–Crippen MR) is 194 cm³/mol. The van der Waals surface area contributed by atoms with Crippen LogP contribution in [-0.2, 0) is 43.2 Å². The van der Waals surface area contributed by atoms with Gasteiger partial charge in [0, 0.05) is 58.3 Å². The Morgan fingerprint density at radius 3 is 0.308 bits per heavy atom. The van der Waals surface area contributed by atoms with Crippen molar-refractivity contribution in [2.45, 2.75) is 165 Å². The van der Waals surface area contributed by atoms with Gasteiger partial charge in [0.25, 0.3) is 5.97 Å². The average molecular weight is 765 g/mol. The highest BCUT2D eigenvalue weighted by Crippen LogP contribution is 1.85. The first-order valence-corrected chi connectivity index (χ1v) is 16.8. The molecule has 0 aliphatic rings. The van der Waals surface area contributed by atoms with E-state index < -0.39 is 53.7 Å². The fourth-order valence-electron chi connectivity index (χ4n) is 1.71. The molecular formula is C34H68O18. The summed E-state index contributed by atoms with van der Waals surface area (Å²) in [6.07, 6.45) is 8.19. The molecule has 0 saturated heterocycles. The zero-order chi connectivity index (χ0) is 43.5. The highest BCUT2D eigenvalue weighted by atomic mass is 16.4. The molecule has 0 bridgehead atoms. The summed E-state index contributed by atoms with van der Waals surface area (Å²) in [5.74, 6) is -6.52. The van der Waals surface area contributed by atoms with Crippen LogP contribution in [0.25, 0.3) is 0 Å². The maximum Gasteiger partial charge on any atom is 0.303 e. The molecule has 0 unspecified atom stereocenters. The van der Waals surface area contributed by atoms with Crippen LogP contribution in [0, 0.1) is 0 Å². The summed E-state index contributed by atoms with van der Waals surface area (Å²) in [5.41, 5.74) is 0. The SMILES string of the molecule is CC(=O)O.CCCC(=O)O.CCCC(=O)O.CCCC(=O)O.CCCC(=O)O.CCCC(=O)O.CCCC(=O)O.CCCC(=O)O.CCCC(=O)O. The second-order valence-corrected chi connectivity index (χ2v) is 9.67. The Labute approximate surface area is 307 Å². The van der Waals surface area contributed by atoms with Gasteiger partial charge in [0.05, 0.1) is 0 Å². The van der Waals surface area contributed by atoms with Crippen molar-refractivity contribution in [3.63, 3.8) is 0 Å². The lowest BCUT2D eigenvalue weighted by atomic mass is 10.4. The van der Waals surface area contributed by atoms with Gasteiger partial charge >= 0.3 is 47.8 Å². The van der Waals surface area contributed by atoms with Crippen molar-refractivity contribution in [2.24, 2.45) is 0 Å². The van der Waals surface area contributed by atoms with Gasteiger partial charge in [0.2, 0.25) is 0 Å². The molecule has 0 fully saturated rings. The van der Waals surface area contributed by atoms with Gasteiger partial charge in [-0.25, -0.2) is 0 Å². The standard InChI is InChI=1S/8C4H8O2.C2H4O2/c8*1-2-3-4(5)6;1-2(3)4/h8*2-3H2,1H3,(H,5,6);1H3,(H,3,4). The Morgan fingerprint density at radius 1 is 0.250 bits per heavy atom. The third-order valence-corrected chi connectivity index (χ3v) is 3.71. The highest BCUT2D eigenvalue weighted by molar-refractivity contribution is 5.68. The van der Waals surface area contributed by atoms with Crippen LogP contribution in [0.1, 0.15) is 165 Å². The molecule has 312 valence electrons. The number of carbonyl (C=O) groups is 9. The molecule has 0 rings (SSSR count). The first-order chi connectivity index (χ1) is 23.9. The van der Waals surface area contributed by atoms with Crippen molar-refractivity contribution in [3.8, 4) is 0 Å². The van der Waals surface area contributed by atoms with Gasteiger partial charge in [-0.05, 0) is 51.4 Å². The lowest BCUT2D eigenvalue weighted by Crippen LogP contribution is -1.90. The molecule has 0 radical (unpaired) electrons. The van der Waals surface area contributed by atoms with Gasteiger partial charge in [0.1, 0.15) is 0 Å². The predicted octanol–water partition coefficient (Wildman–Crippen LogP) is 7.06. The number of hydrogen-bond donors (Lipinski definition) is 9. The van der Waals surface area contributed by atoms with E-state index in [0.717, 1.165) is 58.3 Å². The number of carboxylic acid groups (broad SMARTS) is 9. The van der Waals surface area contributed by atoms with E-state index >= 15 is 0 Å². The topological polar surface area (TPSA) is 336 Å². The Hall–Kier alpha value is -4.77. The molecule has 52 heavy (non-hydrogen) atoms. The van der Waals surface area contributed by atoms with Crippen molar-refractivity contribution in [2.75, 3.05) is 0 Å². The maximum atomic E-state index is 9.60. The highest BCUT2D eigenvalue weighted by Gasteiger charge is 1.91. The number of rotatable bonds is 16. The molecule has 0 aromatic heterocycles. The molecule has 0 aliphatic carbocycles. The summed E-state index contributed by atoms with van der Waals surface area (Å²) >= 11 is 0. The van der Waals surface area contributed by atoms with Gasteiger partial charge in [-0.3, -0.25) is 43.2 Å². The van der Waals surface area contributed by atoms with E-state index in [-0.39, 0.29) is 0 Å². The molecule has 0 amide bonds. The monoisotopic (exact) mass is 764 g/mol. The molecule has 0 aromatic rings. The molecule has 0 heterocycles. The zero-order valence-corrected chi connectivity index (χ0v) is 32.5. The Kier molecular flexibility index (Phi) is 85.9. The first-order valence-electron chi connectivity index (χ1n) is 16.8. The number of hydrogen-bond acceptors (Lipinski definition) is 9. The van der Waals surface area contributed by atoms with Gasteiger partial charge in [0.15, 0.2) is 0 Å². The van der Waals surface area contributed by atoms with E-state index in [0.29, 0.717) is 51.4 Å². The van der Waals surface area contributed by atoms with Crippen LogP contribution in [0.2, 0.25) is 0 Å². The van der Waals surface area contributed by atoms with Crippen LogP contribution in [0.5, 0.6) is 0 Å². The van der Waals surface area contributed by atoms with E-state index in [1.165, 1.54) is 0 Å². The van der Waals surface area contributed by atoms with Gasteiger partial charge in [-0.15, -0.1) is 0 Å². The lowest BCUT2D eigenvalue weighted by Gasteiger charge is -1.79. The minimum absolute atomic E-state index is 0.292. The fourth-order valence-corrected chi connectivity index (χ4v) is 1.71. The first kappa shape index (κ1) is 69.1. The Bertz CT molecular complexity index is 674. The van der Waals surface area contributed by atoms with Gasteiger partial charge in [-0.1, -0.05) is 55.4 Å². The van der Waals surface area contributed by atoms with Crippen molar-refractivity contribution in [1.29, 1.82) is 0 Å². The Morgan fingerprint density at radius 2 is 0.308 bits per heavy atom. The van der Waals surface area contributed by atoms with E-state index in [9.17, 15) is 38.4 Å². The summed E-state index contributed by atoms with van der Waals surface area (Å²) < 4.78 is 0. The molecular weight excluding hydrogens is 696 g/mol. The third kappa shape index (κ3) is 239. The van der Waals surface area contributed by atoms with Crippen LogP contribution in [0.15, 0.2) is 0 Å². The number of aliphatic carboxylic acids is 9. The molecule has 18 heteroatoms. The fraction of sp³-hybridized carbons (Fsp3) is 0.735. The summed E-state index contributed by atoms with van der Waals surface area (Å²) in [6.45, 7) is 15.8. The maximum absolute atomic E-state index is 9.60. The minimum atomic E-state index is -0.833. The van der Waals surface area contributed by atoms with Crippen LogP contribution in [-0.4, -0.2) is 99.7 Å². The third-order valence-electron chi connectivity index (χ3n) is 3.71. The zero-order valence-electron chi connectivity index (χ0n) is 32.5. The van der Waals surface area contributed by atoms with Gasteiger partial charge in [-0.2, -0.15) is 0 Å². The number of carboxylic acids is 9. The van der Waals surface area contributed by atoms with Crippen molar-refractivity contribution >= 4 is 53.7 Å². The van der Waals surface area contributed by atoms with E-state index in [4.69, 9.17) is 50.8 Å². The normalized spacial score (nSPS) is 8.02. The van der Waals surface area contributed by atoms with E-state index in [1.54, 1.807) is 0 Å². The summed E-state index contributed by atoms with van der Waals surface area (Å²) in [6, 6.07) is 0. The molecule has 0 aromatic carbocycles. The van der Waals surface area contributed by atoms with Crippen LogP contribution in [0.4, 0.5) is 0 Å². The summed E-state index contributed by atoms with van der Waals surface area (Å²) in [7, 11) is 0. The second kappa shape index (κ2) is 64.7. The molecule has 0 spiro atoms. The Balaban J connectivity index is -0.0000000573. The quantitative estimate of drug-likeness (QED) is 0.0759. The van der Waals surface area contributed by atoms with Crippen LogP contribution < -0.4 is 0 Å². The molecule has 0 atom stereocenters. The van der Waals surface area contributed by atoms with Gasteiger partial charge < -0.3 is 46.0 Å². The minimum Gasteiger partial charge on any atom is -0.481 e. The molecule has 18 nitrogen and oxygen atoms in total. The van der Waals surface area contributed by atoms with Crippen LogP contribution in [0.3, 0.4) is 0 Å². The van der Waals surface area contributed by atoms with E-state index in [1.807, 2.05) is 55.4 Å². The van der Waals surface area contributed by atoms with Crippen molar-refractivity contribution < 1.29 is 89.1 Å². The van der Waals surface area contributed by atoms with Crippen LogP contribution >= 0.6 is 0 Å².